The molecule has 0 aliphatic carbocycles. The largest absolute Gasteiger partial charge is 0.434 e. The zero-order valence-corrected chi connectivity index (χ0v) is 13.3. The minimum Gasteiger partial charge on any atom is -0.434 e. The molecule has 0 amide bonds. The Morgan fingerprint density at radius 2 is 1.62 bits per heavy atom. The van der Waals surface area contributed by atoms with Gasteiger partial charge in [0.05, 0.1) is 5.69 Å². The van der Waals surface area contributed by atoms with Gasteiger partial charge in [-0.2, -0.15) is 4.98 Å². The predicted molar refractivity (Wildman–Crippen MR) is 92.8 cm³/mol. The van der Waals surface area contributed by atoms with Crippen molar-refractivity contribution in [2.75, 3.05) is 0 Å². The average Bonchev–Trinajstić information content (AvgIpc) is 3.05. The van der Waals surface area contributed by atoms with E-state index >= 15 is 0 Å². The fourth-order valence-electron chi connectivity index (χ4n) is 2.51. The van der Waals surface area contributed by atoms with Crippen LogP contribution in [0.4, 0.5) is 0 Å². The van der Waals surface area contributed by atoms with Crippen LogP contribution >= 0.6 is 11.6 Å². The van der Waals surface area contributed by atoms with Crippen LogP contribution in [0.2, 0.25) is 5.02 Å². The highest BCUT2D eigenvalue weighted by atomic mass is 35.5. The molecule has 0 radical (unpaired) electrons. The van der Waals surface area contributed by atoms with E-state index in [1.807, 2.05) is 42.5 Å². The summed E-state index contributed by atoms with van der Waals surface area (Å²) >= 11 is 5.90. The van der Waals surface area contributed by atoms with Gasteiger partial charge >= 0.3 is 0 Å². The van der Waals surface area contributed by atoms with Gasteiger partial charge in [0.1, 0.15) is 6.10 Å². The van der Waals surface area contributed by atoms with Gasteiger partial charge in [0.25, 0.3) is 0 Å². The number of nitrogens with zero attached hydrogens (tertiary/aromatic N) is 2. The summed E-state index contributed by atoms with van der Waals surface area (Å²) in [5.74, 6) is 0.473. The zero-order valence-electron chi connectivity index (χ0n) is 12.6. The molecule has 0 bridgehead atoms. The number of benzene rings is 2. The first kappa shape index (κ1) is 14.9. The molecule has 0 saturated heterocycles. The van der Waals surface area contributed by atoms with Crippen LogP contribution in [0.15, 0.2) is 71.1 Å². The number of hydrogen-bond donors (Lipinski definition) is 1. The SMILES string of the molecule is OC(c1ccccc1)c1ccc2oc(-c3ccc(Cl)cc3)nc2n1. The van der Waals surface area contributed by atoms with Crippen molar-refractivity contribution >= 4 is 22.8 Å². The highest BCUT2D eigenvalue weighted by Crippen LogP contribution is 2.27. The molecule has 4 nitrogen and oxygen atoms in total. The second-order valence-electron chi connectivity index (χ2n) is 5.40. The van der Waals surface area contributed by atoms with E-state index in [9.17, 15) is 5.11 Å². The molecule has 118 valence electrons. The summed E-state index contributed by atoms with van der Waals surface area (Å²) in [5.41, 5.74) is 3.18. The van der Waals surface area contributed by atoms with Gasteiger partial charge in [-0.25, -0.2) is 4.98 Å². The molecule has 2 aromatic carbocycles. The molecule has 1 unspecified atom stereocenters. The molecule has 0 aliphatic rings. The Bertz CT molecular complexity index is 981. The maximum Gasteiger partial charge on any atom is 0.228 e. The van der Waals surface area contributed by atoms with Crippen LogP contribution in [0.3, 0.4) is 0 Å². The van der Waals surface area contributed by atoms with Crippen molar-refractivity contribution < 1.29 is 9.52 Å². The molecular weight excluding hydrogens is 324 g/mol. The third-order valence-corrected chi connectivity index (χ3v) is 4.01. The summed E-state index contributed by atoms with van der Waals surface area (Å²) in [6, 6.07) is 20.2. The lowest BCUT2D eigenvalue weighted by Gasteiger charge is -2.09. The van der Waals surface area contributed by atoms with Crippen LogP contribution < -0.4 is 0 Å². The van der Waals surface area contributed by atoms with Crippen molar-refractivity contribution in [3.63, 3.8) is 0 Å². The second-order valence-corrected chi connectivity index (χ2v) is 5.83. The second kappa shape index (κ2) is 6.07. The van der Waals surface area contributed by atoms with Crippen molar-refractivity contribution in [3.05, 3.63) is 83.0 Å². The third-order valence-electron chi connectivity index (χ3n) is 3.76. The van der Waals surface area contributed by atoms with Gasteiger partial charge in [0, 0.05) is 10.6 Å². The van der Waals surface area contributed by atoms with E-state index in [-0.39, 0.29) is 0 Å². The molecule has 5 heteroatoms. The lowest BCUT2D eigenvalue weighted by atomic mass is 10.1. The maximum atomic E-state index is 10.5. The molecule has 1 atom stereocenters. The summed E-state index contributed by atoms with van der Waals surface area (Å²) < 4.78 is 5.74. The van der Waals surface area contributed by atoms with E-state index in [1.54, 1.807) is 24.3 Å². The predicted octanol–water partition coefficient (Wildman–Crippen LogP) is 4.62. The summed E-state index contributed by atoms with van der Waals surface area (Å²) in [6.07, 6.45) is -0.800. The highest BCUT2D eigenvalue weighted by Gasteiger charge is 2.15. The summed E-state index contributed by atoms with van der Waals surface area (Å²) in [5, 5.41) is 11.1. The quantitative estimate of drug-likeness (QED) is 0.592. The molecule has 0 spiro atoms. The van der Waals surface area contributed by atoms with E-state index in [0.717, 1.165) is 11.1 Å². The molecule has 24 heavy (non-hydrogen) atoms. The first-order valence-corrected chi connectivity index (χ1v) is 7.85. The molecule has 4 aromatic rings. The Hall–Kier alpha value is -2.69. The fraction of sp³-hybridized carbons (Fsp3) is 0.0526. The number of hydrogen-bond acceptors (Lipinski definition) is 4. The van der Waals surface area contributed by atoms with Crippen molar-refractivity contribution in [3.8, 4) is 11.5 Å². The van der Waals surface area contributed by atoms with E-state index in [1.165, 1.54) is 0 Å². The Labute approximate surface area is 143 Å². The van der Waals surface area contributed by atoms with Crippen molar-refractivity contribution in [1.29, 1.82) is 0 Å². The smallest absolute Gasteiger partial charge is 0.228 e. The topological polar surface area (TPSA) is 59.2 Å². The summed E-state index contributed by atoms with van der Waals surface area (Å²) in [7, 11) is 0. The van der Waals surface area contributed by atoms with Crippen molar-refractivity contribution in [2.45, 2.75) is 6.10 Å². The number of fused-ring (bicyclic) bond motifs is 1. The van der Waals surface area contributed by atoms with Crippen LogP contribution in [0, 0.1) is 0 Å². The van der Waals surface area contributed by atoms with Crippen LogP contribution in [0.1, 0.15) is 17.4 Å². The number of aliphatic hydroxyl groups excluding tert-OH is 1. The Kier molecular flexibility index (Phi) is 3.76. The minimum absolute atomic E-state index is 0.465. The van der Waals surface area contributed by atoms with E-state index in [2.05, 4.69) is 9.97 Å². The third kappa shape index (κ3) is 2.77. The van der Waals surface area contributed by atoms with Gasteiger partial charge in [-0.15, -0.1) is 0 Å². The highest BCUT2D eigenvalue weighted by molar-refractivity contribution is 6.30. The van der Waals surface area contributed by atoms with Gasteiger partial charge in [0.15, 0.2) is 11.2 Å². The average molecular weight is 337 g/mol. The number of halogens is 1. The number of aliphatic hydroxyl groups is 1. The molecule has 0 saturated carbocycles. The Balaban J connectivity index is 1.72. The van der Waals surface area contributed by atoms with Gasteiger partial charge < -0.3 is 9.52 Å². The van der Waals surface area contributed by atoms with E-state index in [4.69, 9.17) is 16.0 Å². The van der Waals surface area contributed by atoms with Crippen LogP contribution in [-0.2, 0) is 0 Å². The van der Waals surface area contributed by atoms with Crippen molar-refractivity contribution in [2.24, 2.45) is 0 Å². The summed E-state index contributed by atoms with van der Waals surface area (Å²) in [4.78, 5) is 8.85. The molecule has 2 aromatic heterocycles. The molecule has 4 rings (SSSR count). The van der Waals surface area contributed by atoms with Gasteiger partial charge in [-0.3, -0.25) is 0 Å². The van der Waals surface area contributed by atoms with Gasteiger partial charge in [-0.1, -0.05) is 41.9 Å². The van der Waals surface area contributed by atoms with E-state index < -0.39 is 6.10 Å². The molecule has 0 aliphatic heterocycles. The molecule has 0 fully saturated rings. The number of pyridine rings is 1. The Morgan fingerprint density at radius 3 is 2.38 bits per heavy atom. The number of aromatic nitrogens is 2. The number of rotatable bonds is 3. The normalized spacial score (nSPS) is 12.4. The first-order chi connectivity index (χ1) is 11.7. The van der Waals surface area contributed by atoms with Crippen LogP contribution in [-0.4, -0.2) is 15.1 Å². The lowest BCUT2D eigenvalue weighted by Crippen LogP contribution is -2.02. The zero-order chi connectivity index (χ0) is 16.5. The monoisotopic (exact) mass is 336 g/mol. The Morgan fingerprint density at radius 1 is 0.875 bits per heavy atom. The lowest BCUT2D eigenvalue weighted by molar-refractivity contribution is 0.215. The van der Waals surface area contributed by atoms with Crippen LogP contribution in [0.5, 0.6) is 0 Å². The molecule has 1 N–H and O–H groups in total. The standard InChI is InChI=1S/C19H13ClN2O2/c20-14-8-6-13(7-9-14)19-22-18-16(24-19)11-10-15(21-18)17(23)12-4-2-1-3-5-12/h1-11,17,23H. The molecule has 2 heterocycles. The van der Waals surface area contributed by atoms with E-state index in [0.29, 0.717) is 27.8 Å². The maximum absolute atomic E-state index is 10.5. The van der Waals surface area contributed by atoms with Crippen molar-refractivity contribution in [1.82, 2.24) is 9.97 Å². The van der Waals surface area contributed by atoms with Crippen LogP contribution in [0.25, 0.3) is 22.7 Å². The van der Waals surface area contributed by atoms with Gasteiger partial charge in [-0.05, 0) is 42.0 Å². The minimum atomic E-state index is -0.800. The first-order valence-electron chi connectivity index (χ1n) is 7.47. The fourth-order valence-corrected chi connectivity index (χ4v) is 2.63. The number of oxazole rings is 1. The van der Waals surface area contributed by atoms with Gasteiger partial charge in [0.2, 0.25) is 5.89 Å². The summed E-state index contributed by atoms with van der Waals surface area (Å²) in [6.45, 7) is 0. The molecular formula is C19H13ClN2O2.